The van der Waals surface area contributed by atoms with Crippen LogP contribution in [-0.4, -0.2) is 19.2 Å². The Morgan fingerprint density at radius 3 is 2.20 bits per heavy atom. The van der Waals surface area contributed by atoms with Gasteiger partial charge in [0.05, 0.1) is 25.9 Å². The maximum Gasteiger partial charge on any atom is 0.123 e. The molecule has 0 N–H and O–H groups in total. The predicted molar refractivity (Wildman–Crippen MR) is 77.3 cm³/mol. The van der Waals surface area contributed by atoms with Gasteiger partial charge in [-0.1, -0.05) is 0 Å². The molecule has 0 amide bonds. The van der Waals surface area contributed by atoms with Gasteiger partial charge in [-0.15, -0.1) is 0 Å². The largest absolute Gasteiger partial charge is 0.497 e. The van der Waals surface area contributed by atoms with Crippen LogP contribution < -0.4 is 9.47 Å². The van der Waals surface area contributed by atoms with Crippen LogP contribution in [0.25, 0.3) is 11.6 Å². The second kappa shape index (κ2) is 6.39. The zero-order valence-corrected chi connectivity index (χ0v) is 11.3. The van der Waals surface area contributed by atoms with E-state index in [1.807, 2.05) is 12.1 Å². The summed E-state index contributed by atoms with van der Waals surface area (Å²) in [6, 6.07) is 11.3. The van der Waals surface area contributed by atoms with Crippen LogP contribution >= 0.6 is 0 Å². The molecule has 2 aromatic rings. The molecule has 0 spiro atoms. The molecule has 0 atom stereocenters. The lowest BCUT2D eigenvalue weighted by molar-refractivity contribution is 0.394. The Labute approximate surface area is 117 Å². The second-order valence-electron chi connectivity index (χ2n) is 4.05. The van der Waals surface area contributed by atoms with Crippen molar-refractivity contribution >= 4 is 11.6 Å². The Morgan fingerprint density at radius 2 is 1.70 bits per heavy atom. The van der Waals surface area contributed by atoms with Gasteiger partial charge in [0, 0.05) is 18.5 Å². The number of nitriles is 1. The van der Waals surface area contributed by atoms with Gasteiger partial charge in [-0.3, -0.25) is 4.98 Å². The van der Waals surface area contributed by atoms with Crippen LogP contribution in [0.3, 0.4) is 0 Å². The first-order valence-electron chi connectivity index (χ1n) is 6.02. The van der Waals surface area contributed by atoms with E-state index in [1.165, 1.54) is 0 Å². The van der Waals surface area contributed by atoms with E-state index in [2.05, 4.69) is 11.1 Å². The molecule has 100 valence electrons. The minimum absolute atomic E-state index is 0.558. The van der Waals surface area contributed by atoms with E-state index in [1.54, 1.807) is 50.9 Å². The zero-order chi connectivity index (χ0) is 14.4. The molecule has 0 radical (unpaired) electrons. The van der Waals surface area contributed by atoms with E-state index in [0.29, 0.717) is 17.1 Å². The van der Waals surface area contributed by atoms with Crippen LogP contribution in [0.4, 0.5) is 0 Å². The molecule has 0 saturated heterocycles. The number of benzene rings is 1. The second-order valence-corrected chi connectivity index (χ2v) is 4.05. The number of hydrogen-bond acceptors (Lipinski definition) is 4. The minimum atomic E-state index is 0.558. The summed E-state index contributed by atoms with van der Waals surface area (Å²) in [6.45, 7) is 0. The van der Waals surface area contributed by atoms with Crippen molar-refractivity contribution in [2.24, 2.45) is 0 Å². The third-order valence-corrected chi connectivity index (χ3v) is 2.80. The highest BCUT2D eigenvalue weighted by atomic mass is 16.5. The number of allylic oxidation sites excluding steroid dienone is 1. The zero-order valence-electron chi connectivity index (χ0n) is 11.3. The van der Waals surface area contributed by atoms with Gasteiger partial charge in [0.25, 0.3) is 0 Å². The summed E-state index contributed by atoms with van der Waals surface area (Å²) < 4.78 is 10.4. The van der Waals surface area contributed by atoms with Gasteiger partial charge >= 0.3 is 0 Å². The molecule has 0 aliphatic rings. The molecule has 1 heterocycles. The monoisotopic (exact) mass is 266 g/mol. The summed E-state index contributed by atoms with van der Waals surface area (Å²) in [5.41, 5.74) is 2.22. The average molecular weight is 266 g/mol. The first-order chi connectivity index (χ1) is 9.76. The first kappa shape index (κ1) is 13.6. The van der Waals surface area contributed by atoms with Crippen molar-refractivity contribution in [3.63, 3.8) is 0 Å². The van der Waals surface area contributed by atoms with Crippen LogP contribution in [0.5, 0.6) is 11.5 Å². The molecule has 0 saturated carbocycles. The normalized spacial score (nSPS) is 10.8. The molecule has 0 bridgehead atoms. The van der Waals surface area contributed by atoms with Crippen molar-refractivity contribution in [3.05, 3.63) is 53.9 Å². The molecular weight excluding hydrogens is 252 g/mol. The summed E-state index contributed by atoms with van der Waals surface area (Å²) in [5, 5.41) is 9.29. The fraction of sp³-hybridized carbons (Fsp3) is 0.125. The summed E-state index contributed by atoms with van der Waals surface area (Å²) in [5.74, 6) is 1.37. The number of pyridine rings is 1. The van der Waals surface area contributed by atoms with Crippen molar-refractivity contribution in [1.29, 1.82) is 5.26 Å². The van der Waals surface area contributed by atoms with Gasteiger partial charge in [0.2, 0.25) is 0 Å². The number of methoxy groups -OCH3 is 2. The third-order valence-electron chi connectivity index (χ3n) is 2.80. The Bertz CT molecular complexity index is 636. The predicted octanol–water partition coefficient (Wildman–Crippen LogP) is 3.16. The molecule has 0 aliphatic heterocycles. The molecule has 0 unspecified atom stereocenters. The fourth-order valence-corrected chi connectivity index (χ4v) is 1.79. The van der Waals surface area contributed by atoms with Gasteiger partial charge in [-0.05, 0) is 41.5 Å². The van der Waals surface area contributed by atoms with E-state index in [0.717, 1.165) is 11.1 Å². The van der Waals surface area contributed by atoms with E-state index in [4.69, 9.17) is 9.47 Å². The summed E-state index contributed by atoms with van der Waals surface area (Å²) >= 11 is 0. The maximum absolute atomic E-state index is 9.29. The first-order valence-corrected chi connectivity index (χ1v) is 6.02. The van der Waals surface area contributed by atoms with Gasteiger partial charge < -0.3 is 9.47 Å². The highest BCUT2D eigenvalue weighted by Gasteiger charge is 2.04. The third kappa shape index (κ3) is 3.15. The van der Waals surface area contributed by atoms with E-state index >= 15 is 0 Å². The number of aromatic nitrogens is 1. The van der Waals surface area contributed by atoms with Gasteiger partial charge in [-0.25, -0.2) is 0 Å². The lowest BCUT2D eigenvalue weighted by Crippen LogP contribution is -1.89. The van der Waals surface area contributed by atoms with Crippen LogP contribution in [0.1, 0.15) is 11.1 Å². The van der Waals surface area contributed by atoms with Crippen molar-refractivity contribution in [1.82, 2.24) is 4.98 Å². The van der Waals surface area contributed by atoms with Crippen LogP contribution in [0.2, 0.25) is 0 Å². The van der Waals surface area contributed by atoms with Crippen molar-refractivity contribution in [2.45, 2.75) is 0 Å². The van der Waals surface area contributed by atoms with Crippen molar-refractivity contribution < 1.29 is 9.47 Å². The molecule has 1 aromatic carbocycles. The topological polar surface area (TPSA) is 55.1 Å². The van der Waals surface area contributed by atoms with Crippen LogP contribution in [0.15, 0.2) is 42.7 Å². The van der Waals surface area contributed by atoms with Gasteiger partial charge in [-0.2, -0.15) is 5.26 Å². The molecule has 4 nitrogen and oxygen atoms in total. The van der Waals surface area contributed by atoms with Crippen molar-refractivity contribution in [2.75, 3.05) is 14.2 Å². The van der Waals surface area contributed by atoms with E-state index in [9.17, 15) is 5.26 Å². The Morgan fingerprint density at radius 1 is 1.10 bits per heavy atom. The molecule has 1 aromatic heterocycles. The highest BCUT2D eigenvalue weighted by Crippen LogP contribution is 2.25. The number of ether oxygens (including phenoxy) is 2. The molecule has 0 aliphatic carbocycles. The smallest absolute Gasteiger partial charge is 0.123 e. The van der Waals surface area contributed by atoms with Gasteiger partial charge in [0.1, 0.15) is 11.5 Å². The van der Waals surface area contributed by atoms with Crippen molar-refractivity contribution in [3.8, 4) is 17.6 Å². The highest BCUT2D eigenvalue weighted by molar-refractivity contribution is 5.89. The van der Waals surface area contributed by atoms with Crippen LogP contribution in [-0.2, 0) is 0 Å². The number of rotatable bonds is 4. The number of nitrogens with zero attached hydrogens (tertiary/aromatic N) is 2. The standard InChI is InChI=1S/C16H14N2O2/c1-19-15-8-12(9-16(10-15)20-2)7-14(11-17)13-3-5-18-6-4-13/h3-10H,1-2H3. The molecule has 0 fully saturated rings. The summed E-state index contributed by atoms with van der Waals surface area (Å²) in [7, 11) is 3.19. The molecule has 20 heavy (non-hydrogen) atoms. The number of hydrogen-bond donors (Lipinski definition) is 0. The van der Waals surface area contributed by atoms with E-state index in [-0.39, 0.29) is 0 Å². The molecule has 2 rings (SSSR count). The summed E-state index contributed by atoms with van der Waals surface area (Å²) in [6.07, 6.45) is 5.11. The lowest BCUT2D eigenvalue weighted by atomic mass is 10.0. The fourth-order valence-electron chi connectivity index (χ4n) is 1.79. The maximum atomic E-state index is 9.29. The minimum Gasteiger partial charge on any atom is -0.497 e. The van der Waals surface area contributed by atoms with E-state index < -0.39 is 0 Å². The van der Waals surface area contributed by atoms with Crippen LogP contribution in [0, 0.1) is 11.3 Å². The lowest BCUT2D eigenvalue weighted by Gasteiger charge is -2.06. The molecule has 4 heteroatoms. The SMILES string of the molecule is COc1cc(C=C(C#N)c2ccncc2)cc(OC)c1. The Hall–Kier alpha value is -2.80. The molecular formula is C16H14N2O2. The quantitative estimate of drug-likeness (QED) is 0.798. The van der Waals surface area contributed by atoms with Gasteiger partial charge in [0.15, 0.2) is 0 Å². The summed E-state index contributed by atoms with van der Waals surface area (Å²) in [4.78, 5) is 3.95. The Balaban J connectivity index is 2.45. The average Bonchev–Trinajstić information content (AvgIpc) is 2.53. The Kier molecular flexibility index (Phi) is 4.35.